The molecule has 3 heteroatoms. The molecule has 20 heavy (non-hydrogen) atoms. The van der Waals surface area contributed by atoms with Gasteiger partial charge in [-0.25, -0.2) is 0 Å². The topological polar surface area (TPSA) is 39.1 Å². The van der Waals surface area contributed by atoms with Crippen LogP contribution in [0.4, 0.5) is 0 Å². The van der Waals surface area contributed by atoms with Crippen molar-refractivity contribution in [3.05, 3.63) is 57.9 Å². The molecule has 1 aromatic heterocycles. The molecular formula is C17H19NO2. The normalized spacial score (nSPS) is 10.5. The minimum absolute atomic E-state index is 0.209. The molecule has 0 atom stereocenters. The van der Waals surface area contributed by atoms with Crippen LogP contribution in [-0.4, -0.2) is 10.9 Å². The summed E-state index contributed by atoms with van der Waals surface area (Å²) in [7, 11) is 0. The Morgan fingerprint density at radius 3 is 2.30 bits per heavy atom. The van der Waals surface area contributed by atoms with Gasteiger partial charge in [-0.1, -0.05) is 38.1 Å². The van der Waals surface area contributed by atoms with Crippen LogP contribution in [0.5, 0.6) is 0 Å². The molecular weight excluding hydrogens is 250 g/mol. The number of hydrogen-bond donors (Lipinski definition) is 0. The molecule has 0 fully saturated rings. The van der Waals surface area contributed by atoms with E-state index in [2.05, 4.69) is 19.1 Å². The number of rotatable bonds is 5. The van der Waals surface area contributed by atoms with Crippen molar-refractivity contribution in [2.45, 2.75) is 33.2 Å². The molecule has 0 spiro atoms. The second-order valence-electron chi connectivity index (χ2n) is 4.80. The predicted molar refractivity (Wildman–Crippen MR) is 81.2 cm³/mol. The van der Waals surface area contributed by atoms with Gasteiger partial charge in [-0.3, -0.25) is 9.59 Å². The highest BCUT2D eigenvalue weighted by Gasteiger charge is 2.09. The Labute approximate surface area is 118 Å². The minimum Gasteiger partial charge on any atom is -0.308 e. The Morgan fingerprint density at radius 2 is 1.75 bits per heavy atom. The predicted octanol–water partition coefficient (Wildman–Crippen LogP) is 3.30. The Hall–Kier alpha value is -2.16. The molecule has 0 saturated carbocycles. The quantitative estimate of drug-likeness (QED) is 0.781. The van der Waals surface area contributed by atoms with Gasteiger partial charge in [-0.2, -0.15) is 0 Å². The number of hydrogen-bond acceptors (Lipinski definition) is 2. The number of aryl methyl sites for hydroxylation is 1. The first-order chi connectivity index (χ1) is 9.71. The van der Waals surface area contributed by atoms with Crippen molar-refractivity contribution in [1.29, 1.82) is 0 Å². The van der Waals surface area contributed by atoms with Gasteiger partial charge in [-0.15, -0.1) is 0 Å². The maximum absolute atomic E-state index is 12.2. The van der Waals surface area contributed by atoms with E-state index in [0.717, 1.165) is 24.1 Å². The molecule has 0 aliphatic rings. The fraction of sp³-hybridized carbons (Fsp3) is 0.294. The highest BCUT2D eigenvalue weighted by molar-refractivity contribution is 5.75. The Balaban J connectivity index is 2.57. The number of benzene rings is 1. The number of carbonyl (C=O) groups excluding carboxylic acids is 1. The summed E-state index contributed by atoms with van der Waals surface area (Å²) in [5.74, 6) is 0. The molecule has 2 aromatic rings. The lowest BCUT2D eigenvalue weighted by molar-refractivity contribution is 0.112. The number of aldehydes is 1. The zero-order chi connectivity index (χ0) is 14.5. The van der Waals surface area contributed by atoms with Gasteiger partial charge >= 0.3 is 0 Å². The van der Waals surface area contributed by atoms with Crippen LogP contribution in [0.15, 0.2) is 41.2 Å². The molecule has 2 rings (SSSR count). The molecule has 0 saturated heterocycles. The van der Waals surface area contributed by atoms with Crippen LogP contribution >= 0.6 is 0 Å². The summed E-state index contributed by atoms with van der Waals surface area (Å²) < 4.78 is 1.69. The van der Waals surface area contributed by atoms with Gasteiger partial charge in [0.1, 0.15) is 0 Å². The van der Waals surface area contributed by atoms with E-state index in [9.17, 15) is 9.59 Å². The van der Waals surface area contributed by atoms with E-state index in [1.165, 1.54) is 5.56 Å². The first-order valence-corrected chi connectivity index (χ1v) is 6.99. The van der Waals surface area contributed by atoms with Gasteiger partial charge in [0.25, 0.3) is 5.56 Å². The molecule has 0 bridgehead atoms. The molecule has 0 unspecified atom stereocenters. The molecule has 1 heterocycles. The van der Waals surface area contributed by atoms with Crippen molar-refractivity contribution < 1.29 is 4.79 Å². The number of aromatic nitrogens is 1. The van der Waals surface area contributed by atoms with Crippen molar-refractivity contribution in [3.63, 3.8) is 0 Å². The highest BCUT2D eigenvalue weighted by atomic mass is 16.1. The van der Waals surface area contributed by atoms with Gasteiger partial charge in [0.2, 0.25) is 0 Å². The molecule has 1 aromatic carbocycles. The van der Waals surface area contributed by atoms with Crippen molar-refractivity contribution >= 4 is 6.29 Å². The van der Waals surface area contributed by atoms with Gasteiger partial charge in [0.05, 0.1) is 11.3 Å². The lowest BCUT2D eigenvalue weighted by Crippen LogP contribution is -2.24. The highest BCUT2D eigenvalue weighted by Crippen LogP contribution is 2.19. The van der Waals surface area contributed by atoms with Crippen LogP contribution in [0.3, 0.4) is 0 Å². The van der Waals surface area contributed by atoms with Crippen molar-refractivity contribution in [2.75, 3.05) is 0 Å². The van der Waals surface area contributed by atoms with E-state index in [1.807, 2.05) is 25.1 Å². The SMILES string of the molecule is CCCn1c(-c2ccc(CC)cc2)ccc(C=O)c1=O. The van der Waals surface area contributed by atoms with E-state index in [0.29, 0.717) is 12.8 Å². The second kappa shape index (κ2) is 6.33. The molecule has 0 aliphatic carbocycles. The molecule has 104 valence electrons. The smallest absolute Gasteiger partial charge is 0.261 e. The Kier molecular flexibility index (Phi) is 4.51. The zero-order valence-corrected chi connectivity index (χ0v) is 11.9. The summed E-state index contributed by atoms with van der Waals surface area (Å²) in [4.78, 5) is 23.1. The maximum atomic E-state index is 12.2. The standard InChI is InChI=1S/C17H19NO2/c1-3-11-18-16(10-9-15(12-19)17(18)20)14-7-5-13(4-2)6-8-14/h5-10,12H,3-4,11H2,1-2H3. The third kappa shape index (κ3) is 2.72. The monoisotopic (exact) mass is 269 g/mol. The minimum atomic E-state index is -0.209. The average molecular weight is 269 g/mol. The van der Waals surface area contributed by atoms with E-state index >= 15 is 0 Å². The fourth-order valence-corrected chi connectivity index (χ4v) is 2.29. The Morgan fingerprint density at radius 1 is 1.05 bits per heavy atom. The lowest BCUT2D eigenvalue weighted by Gasteiger charge is -2.13. The first kappa shape index (κ1) is 14.3. The van der Waals surface area contributed by atoms with Gasteiger partial charge < -0.3 is 4.57 Å². The van der Waals surface area contributed by atoms with Crippen molar-refractivity contribution in [1.82, 2.24) is 4.57 Å². The first-order valence-electron chi connectivity index (χ1n) is 6.99. The van der Waals surface area contributed by atoms with Gasteiger partial charge in [-0.05, 0) is 36.1 Å². The van der Waals surface area contributed by atoms with Crippen LogP contribution in [0.1, 0.15) is 36.2 Å². The fourth-order valence-electron chi connectivity index (χ4n) is 2.29. The van der Waals surface area contributed by atoms with Crippen LogP contribution in [0, 0.1) is 0 Å². The van der Waals surface area contributed by atoms with Crippen LogP contribution < -0.4 is 5.56 Å². The molecule has 0 N–H and O–H groups in total. The van der Waals surface area contributed by atoms with Crippen LogP contribution in [0.2, 0.25) is 0 Å². The van der Waals surface area contributed by atoms with Crippen molar-refractivity contribution in [2.24, 2.45) is 0 Å². The number of pyridine rings is 1. The third-order valence-corrected chi connectivity index (χ3v) is 3.44. The summed E-state index contributed by atoms with van der Waals surface area (Å²) in [6, 6.07) is 11.7. The van der Waals surface area contributed by atoms with Crippen LogP contribution in [-0.2, 0) is 13.0 Å². The van der Waals surface area contributed by atoms with E-state index in [4.69, 9.17) is 0 Å². The molecule has 0 aliphatic heterocycles. The molecule has 3 nitrogen and oxygen atoms in total. The number of carbonyl (C=O) groups is 1. The number of nitrogens with zero attached hydrogens (tertiary/aromatic N) is 1. The van der Waals surface area contributed by atoms with Gasteiger partial charge in [0, 0.05) is 6.54 Å². The summed E-state index contributed by atoms with van der Waals surface area (Å²) >= 11 is 0. The van der Waals surface area contributed by atoms with Gasteiger partial charge in [0.15, 0.2) is 6.29 Å². The summed E-state index contributed by atoms with van der Waals surface area (Å²) in [6.45, 7) is 4.75. The summed E-state index contributed by atoms with van der Waals surface area (Å²) in [5.41, 5.74) is 3.14. The second-order valence-corrected chi connectivity index (χ2v) is 4.80. The maximum Gasteiger partial charge on any atom is 0.261 e. The average Bonchev–Trinajstić information content (AvgIpc) is 2.49. The zero-order valence-electron chi connectivity index (χ0n) is 11.9. The molecule has 0 radical (unpaired) electrons. The third-order valence-electron chi connectivity index (χ3n) is 3.44. The van der Waals surface area contributed by atoms with E-state index in [1.54, 1.807) is 10.6 Å². The lowest BCUT2D eigenvalue weighted by atomic mass is 10.1. The summed E-state index contributed by atoms with van der Waals surface area (Å²) in [6.07, 6.45) is 2.47. The largest absolute Gasteiger partial charge is 0.308 e. The summed E-state index contributed by atoms with van der Waals surface area (Å²) in [5, 5.41) is 0. The van der Waals surface area contributed by atoms with E-state index < -0.39 is 0 Å². The van der Waals surface area contributed by atoms with Crippen LogP contribution in [0.25, 0.3) is 11.3 Å². The molecule has 0 amide bonds. The Bertz CT molecular complexity index is 654. The van der Waals surface area contributed by atoms with E-state index in [-0.39, 0.29) is 11.1 Å². The van der Waals surface area contributed by atoms with Crippen molar-refractivity contribution in [3.8, 4) is 11.3 Å².